The first-order valence-electron chi connectivity index (χ1n) is 9.02. The number of carbonyl (C=O) groups is 3. The summed E-state index contributed by atoms with van der Waals surface area (Å²) in [6, 6.07) is 15.7. The molecule has 1 heterocycles. The van der Waals surface area contributed by atoms with E-state index in [9.17, 15) is 14.4 Å². The summed E-state index contributed by atoms with van der Waals surface area (Å²) in [6.45, 7) is -0.353. The van der Waals surface area contributed by atoms with Crippen LogP contribution in [0.2, 0.25) is 0 Å². The molecular formula is C21H18N4O3. The number of carbonyl (C=O) groups excluding carboxylic acids is 3. The van der Waals surface area contributed by atoms with Crippen molar-refractivity contribution >= 4 is 23.5 Å². The number of nitrogens with zero attached hydrogens (tertiary/aromatic N) is 2. The fourth-order valence-corrected chi connectivity index (χ4v) is 3.82. The van der Waals surface area contributed by atoms with Gasteiger partial charge in [-0.05, 0) is 48.2 Å². The van der Waals surface area contributed by atoms with Gasteiger partial charge in [-0.3, -0.25) is 14.5 Å². The highest BCUT2D eigenvalue weighted by Crippen LogP contribution is 2.33. The third-order valence-corrected chi connectivity index (χ3v) is 5.28. The zero-order valence-electron chi connectivity index (χ0n) is 15.1. The van der Waals surface area contributed by atoms with Crippen molar-refractivity contribution in [3.05, 3.63) is 65.2 Å². The lowest BCUT2D eigenvalue weighted by molar-refractivity contribution is -0.134. The van der Waals surface area contributed by atoms with Gasteiger partial charge in [0.15, 0.2) is 0 Å². The summed E-state index contributed by atoms with van der Waals surface area (Å²) in [6.07, 6.45) is 1.65. The molecule has 1 aliphatic carbocycles. The molecule has 0 saturated carbocycles. The highest BCUT2D eigenvalue weighted by Gasteiger charge is 2.52. The van der Waals surface area contributed by atoms with E-state index in [1.807, 2.05) is 30.3 Å². The molecule has 1 spiro atoms. The first kappa shape index (κ1) is 17.7. The van der Waals surface area contributed by atoms with E-state index in [0.29, 0.717) is 30.5 Å². The van der Waals surface area contributed by atoms with Crippen LogP contribution >= 0.6 is 0 Å². The third kappa shape index (κ3) is 3.09. The van der Waals surface area contributed by atoms with Crippen molar-refractivity contribution in [2.75, 3.05) is 11.9 Å². The van der Waals surface area contributed by atoms with Crippen LogP contribution in [0.15, 0.2) is 48.5 Å². The molecule has 2 aromatic rings. The van der Waals surface area contributed by atoms with Gasteiger partial charge in [-0.2, -0.15) is 5.26 Å². The number of fused-ring (bicyclic) bond motifs is 1. The number of imide groups is 1. The van der Waals surface area contributed by atoms with Crippen LogP contribution in [0, 0.1) is 11.3 Å². The van der Waals surface area contributed by atoms with Gasteiger partial charge in [-0.15, -0.1) is 0 Å². The minimum absolute atomic E-state index is 0.353. The van der Waals surface area contributed by atoms with Crippen LogP contribution in [-0.4, -0.2) is 34.8 Å². The summed E-state index contributed by atoms with van der Waals surface area (Å²) in [5.41, 5.74) is 2.24. The average Bonchev–Trinajstić information content (AvgIpc) is 2.92. The van der Waals surface area contributed by atoms with E-state index in [-0.39, 0.29) is 12.5 Å². The van der Waals surface area contributed by atoms with E-state index in [1.165, 1.54) is 5.56 Å². The van der Waals surface area contributed by atoms with Gasteiger partial charge >= 0.3 is 6.03 Å². The minimum Gasteiger partial charge on any atom is -0.325 e. The maximum absolute atomic E-state index is 13.0. The molecule has 2 aliphatic rings. The molecule has 1 saturated heterocycles. The fraction of sp³-hybridized carbons (Fsp3) is 0.238. The standard InChI is InChI=1S/C21H18N4O3/c22-12-14-5-7-17(8-6-14)23-18(26)13-25-19(27)21(24-20(25)28)10-9-15-3-1-2-4-16(15)11-21/h1-8H,9-11,13H2,(H,23,26)(H,24,28). The topological polar surface area (TPSA) is 102 Å². The highest BCUT2D eigenvalue weighted by atomic mass is 16.2. The van der Waals surface area contributed by atoms with Crippen molar-refractivity contribution < 1.29 is 14.4 Å². The van der Waals surface area contributed by atoms with Crippen molar-refractivity contribution in [3.63, 3.8) is 0 Å². The summed E-state index contributed by atoms with van der Waals surface area (Å²) in [5.74, 6) is -0.830. The van der Waals surface area contributed by atoms with Gasteiger partial charge in [0.05, 0.1) is 11.6 Å². The Bertz CT molecular complexity index is 1010. The lowest BCUT2D eigenvalue weighted by atomic mass is 9.78. The quantitative estimate of drug-likeness (QED) is 0.802. The Hall–Kier alpha value is -3.66. The lowest BCUT2D eigenvalue weighted by Crippen LogP contribution is -2.51. The number of nitrogens with one attached hydrogen (secondary N) is 2. The number of amides is 4. The van der Waals surface area contributed by atoms with Gasteiger partial charge in [0, 0.05) is 12.1 Å². The molecule has 0 aromatic heterocycles. The molecule has 1 atom stereocenters. The Kier molecular flexibility index (Phi) is 4.32. The smallest absolute Gasteiger partial charge is 0.325 e. The van der Waals surface area contributed by atoms with Crippen molar-refractivity contribution in [1.82, 2.24) is 10.2 Å². The number of anilines is 1. The number of nitriles is 1. The first-order valence-corrected chi connectivity index (χ1v) is 9.02. The van der Waals surface area contributed by atoms with E-state index in [1.54, 1.807) is 24.3 Å². The number of aryl methyl sites for hydroxylation is 1. The minimum atomic E-state index is -0.972. The average molecular weight is 374 g/mol. The van der Waals surface area contributed by atoms with E-state index in [2.05, 4.69) is 10.6 Å². The number of hydrogen-bond donors (Lipinski definition) is 2. The molecule has 140 valence electrons. The predicted molar refractivity (Wildman–Crippen MR) is 101 cm³/mol. The first-order chi connectivity index (χ1) is 13.5. The molecular weight excluding hydrogens is 356 g/mol. The van der Waals surface area contributed by atoms with Crippen LogP contribution in [0.4, 0.5) is 10.5 Å². The van der Waals surface area contributed by atoms with Gasteiger partial charge < -0.3 is 10.6 Å². The number of urea groups is 1. The van der Waals surface area contributed by atoms with Crippen molar-refractivity contribution in [2.24, 2.45) is 0 Å². The van der Waals surface area contributed by atoms with Crippen LogP contribution in [0.5, 0.6) is 0 Å². The lowest BCUT2D eigenvalue weighted by Gasteiger charge is -2.32. The van der Waals surface area contributed by atoms with Crippen molar-refractivity contribution in [1.29, 1.82) is 5.26 Å². The Labute approximate surface area is 161 Å². The van der Waals surface area contributed by atoms with E-state index >= 15 is 0 Å². The molecule has 1 unspecified atom stereocenters. The van der Waals surface area contributed by atoms with Gasteiger partial charge in [0.1, 0.15) is 12.1 Å². The van der Waals surface area contributed by atoms with Crippen molar-refractivity contribution in [3.8, 4) is 6.07 Å². The van der Waals surface area contributed by atoms with Crippen LogP contribution in [0.25, 0.3) is 0 Å². The van der Waals surface area contributed by atoms with Gasteiger partial charge in [-0.25, -0.2) is 4.79 Å². The fourth-order valence-electron chi connectivity index (χ4n) is 3.82. The maximum Gasteiger partial charge on any atom is 0.325 e. The second kappa shape index (κ2) is 6.82. The summed E-state index contributed by atoms with van der Waals surface area (Å²) in [5, 5.41) is 14.3. The highest BCUT2D eigenvalue weighted by molar-refractivity contribution is 6.10. The maximum atomic E-state index is 13.0. The van der Waals surface area contributed by atoms with Gasteiger partial charge in [0.2, 0.25) is 5.91 Å². The Balaban J connectivity index is 1.46. The van der Waals surface area contributed by atoms with Gasteiger partial charge in [-0.1, -0.05) is 24.3 Å². The molecule has 4 amide bonds. The molecule has 28 heavy (non-hydrogen) atoms. The number of rotatable bonds is 3. The van der Waals surface area contributed by atoms with E-state index < -0.39 is 17.5 Å². The van der Waals surface area contributed by atoms with Crippen LogP contribution in [-0.2, 0) is 22.4 Å². The Morgan fingerprint density at radius 1 is 1.14 bits per heavy atom. The largest absolute Gasteiger partial charge is 0.325 e. The van der Waals surface area contributed by atoms with Crippen LogP contribution in [0.1, 0.15) is 23.1 Å². The van der Waals surface area contributed by atoms with Crippen LogP contribution in [0.3, 0.4) is 0 Å². The Morgan fingerprint density at radius 3 is 2.57 bits per heavy atom. The molecule has 7 nitrogen and oxygen atoms in total. The summed E-state index contributed by atoms with van der Waals surface area (Å²) in [4.78, 5) is 38.7. The molecule has 2 aromatic carbocycles. The van der Waals surface area contributed by atoms with Crippen LogP contribution < -0.4 is 10.6 Å². The molecule has 7 heteroatoms. The SMILES string of the molecule is N#Cc1ccc(NC(=O)CN2C(=O)NC3(CCc4ccccc4C3)C2=O)cc1. The molecule has 1 fully saturated rings. The summed E-state index contributed by atoms with van der Waals surface area (Å²) in [7, 11) is 0. The van der Waals surface area contributed by atoms with Gasteiger partial charge in [0.25, 0.3) is 5.91 Å². The molecule has 0 radical (unpaired) electrons. The van der Waals surface area contributed by atoms with E-state index in [0.717, 1.165) is 10.5 Å². The second-order valence-electron chi connectivity index (χ2n) is 7.09. The predicted octanol–water partition coefficient (Wildman–Crippen LogP) is 1.98. The molecule has 1 aliphatic heterocycles. The summed E-state index contributed by atoms with van der Waals surface area (Å²) < 4.78 is 0. The monoisotopic (exact) mass is 374 g/mol. The Morgan fingerprint density at radius 2 is 1.86 bits per heavy atom. The normalized spacial score (nSPS) is 20.5. The zero-order valence-corrected chi connectivity index (χ0v) is 15.1. The number of hydrogen-bond acceptors (Lipinski definition) is 4. The molecule has 2 N–H and O–H groups in total. The van der Waals surface area contributed by atoms with E-state index in [4.69, 9.17) is 5.26 Å². The zero-order chi connectivity index (χ0) is 19.7. The third-order valence-electron chi connectivity index (χ3n) is 5.28. The summed E-state index contributed by atoms with van der Waals surface area (Å²) >= 11 is 0. The number of benzene rings is 2. The molecule has 0 bridgehead atoms. The second-order valence-corrected chi connectivity index (χ2v) is 7.09. The molecule has 4 rings (SSSR count). The van der Waals surface area contributed by atoms with Crippen molar-refractivity contribution in [2.45, 2.75) is 24.8 Å².